The number of rotatable bonds is 2. The third-order valence-corrected chi connectivity index (χ3v) is 2.16. The van der Waals surface area contributed by atoms with Gasteiger partial charge in [0, 0.05) is 12.5 Å². The fraction of sp³-hybridized carbons (Fsp3) is 0.875. The van der Waals surface area contributed by atoms with Gasteiger partial charge in [0.25, 0.3) is 0 Å². The fourth-order valence-corrected chi connectivity index (χ4v) is 1.71. The van der Waals surface area contributed by atoms with E-state index in [4.69, 9.17) is 5.73 Å². The lowest BCUT2D eigenvalue weighted by molar-refractivity contribution is -0.117. The topological polar surface area (TPSA) is 43.1 Å². The first-order valence-corrected chi connectivity index (χ1v) is 3.93. The van der Waals surface area contributed by atoms with Crippen LogP contribution in [0.15, 0.2) is 0 Å². The molecule has 1 fully saturated rings. The Balaban J connectivity index is 2.24. The molecule has 1 rings (SSSR count). The highest BCUT2D eigenvalue weighted by Crippen LogP contribution is 2.26. The minimum Gasteiger partial charge on any atom is -0.328 e. The van der Waals surface area contributed by atoms with Gasteiger partial charge in [0.15, 0.2) is 0 Å². The smallest absolute Gasteiger partial charge is 0.130 e. The van der Waals surface area contributed by atoms with E-state index in [0.29, 0.717) is 17.7 Å². The Hall–Kier alpha value is -0.370. The van der Waals surface area contributed by atoms with Gasteiger partial charge in [-0.05, 0) is 32.1 Å². The van der Waals surface area contributed by atoms with Crippen molar-refractivity contribution in [2.24, 2.45) is 11.7 Å². The van der Waals surface area contributed by atoms with Gasteiger partial charge in [0.1, 0.15) is 5.78 Å². The first-order chi connectivity index (χ1) is 4.68. The molecule has 0 aromatic carbocycles. The van der Waals surface area contributed by atoms with Crippen molar-refractivity contribution in [2.75, 3.05) is 0 Å². The average Bonchev–Trinajstić information content (AvgIpc) is 2.13. The van der Waals surface area contributed by atoms with Gasteiger partial charge in [-0.1, -0.05) is 0 Å². The van der Waals surface area contributed by atoms with Crippen LogP contribution in [0.2, 0.25) is 0 Å². The van der Waals surface area contributed by atoms with Crippen molar-refractivity contribution < 1.29 is 4.79 Å². The predicted molar refractivity (Wildman–Crippen MR) is 40.6 cm³/mol. The number of carbonyl (C=O) groups excluding carboxylic acids is 1. The maximum atomic E-state index is 10.7. The second kappa shape index (κ2) is 3.15. The van der Waals surface area contributed by atoms with Crippen LogP contribution in [0.25, 0.3) is 0 Å². The van der Waals surface area contributed by atoms with Gasteiger partial charge in [-0.25, -0.2) is 0 Å². The molecule has 0 aliphatic heterocycles. The Morgan fingerprint density at radius 2 is 2.30 bits per heavy atom. The van der Waals surface area contributed by atoms with Gasteiger partial charge in [0.2, 0.25) is 0 Å². The molecule has 0 heterocycles. The summed E-state index contributed by atoms with van der Waals surface area (Å²) in [4.78, 5) is 10.7. The molecule has 0 aromatic heterocycles. The van der Waals surface area contributed by atoms with Crippen molar-refractivity contribution in [2.45, 2.75) is 38.6 Å². The standard InChI is InChI=1S/C8H15NO/c1-6(10)4-7-2-3-8(9)5-7/h7-8H,2-5,9H2,1H3. The number of hydrogen-bond acceptors (Lipinski definition) is 2. The lowest BCUT2D eigenvalue weighted by Crippen LogP contribution is -2.15. The minimum atomic E-state index is 0.305. The van der Waals surface area contributed by atoms with E-state index >= 15 is 0 Å². The van der Waals surface area contributed by atoms with E-state index in [2.05, 4.69) is 0 Å². The van der Waals surface area contributed by atoms with Gasteiger partial charge >= 0.3 is 0 Å². The van der Waals surface area contributed by atoms with Crippen molar-refractivity contribution in [3.05, 3.63) is 0 Å². The van der Waals surface area contributed by atoms with Gasteiger partial charge in [0.05, 0.1) is 0 Å². The van der Waals surface area contributed by atoms with Gasteiger partial charge in [-0.3, -0.25) is 0 Å². The first kappa shape index (κ1) is 7.73. The highest BCUT2D eigenvalue weighted by molar-refractivity contribution is 5.75. The number of Topliss-reactive ketones (excluding diaryl/α,β-unsaturated/α-hetero) is 1. The van der Waals surface area contributed by atoms with Crippen molar-refractivity contribution in [3.8, 4) is 0 Å². The lowest BCUT2D eigenvalue weighted by atomic mass is 10.0. The Morgan fingerprint density at radius 3 is 2.70 bits per heavy atom. The van der Waals surface area contributed by atoms with E-state index in [1.54, 1.807) is 6.92 Å². The molecule has 2 nitrogen and oxygen atoms in total. The van der Waals surface area contributed by atoms with Gasteiger partial charge in [-0.2, -0.15) is 0 Å². The number of hydrogen-bond donors (Lipinski definition) is 1. The monoisotopic (exact) mass is 141 g/mol. The Kier molecular flexibility index (Phi) is 2.44. The Bertz CT molecular complexity index is 133. The van der Waals surface area contributed by atoms with Crippen molar-refractivity contribution in [3.63, 3.8) is 0 Å². The summed E-state index contributed by atoms with van der Waals surface area (Å²) < 4.78 is 0. The highest BCUT2D eigenvalue weighted by Gasteiger charge is 2.22. The Morgan fingerprint density at radius 1 is 1.60 bits per heavy atom. The van der Waals surface area contributed by atoms with E-state index in [-0.39, 0.29) is 0 Å². The molecule has 1 aliphatic carbocycles. The zero-order chi connectivity index (χ0) is 7.56. The SMILES string of the molecule is CC(=O)CC1CCC(N)C1. The molecule has 2 atom stereocenters. The summed E-state index contributed by atoms with van der Waals surface area (Å²) in [6.45, 7) is 1.66. The van der Waals surface area contributed by atoms with Gasteiger partial charge < -0.3 is 10.5 Å². The quantitative estimate of drug-likeness (QED) is 0.625. The third kappa shape index (κ3) is 2.10. The summed E-state index contributed by atoms with van der Waals surface area (Å²) in [5.74, 6) is 0.895. The predicted octanol–water partition coefficient (Wildman–Crippen LogP) is 1.09. The highest BCUT2D eigenvalue weighted by atomic mass is 16.1. The molecule has 1 aliphatic rings. The molecule has 2 N–H and O–H groups in total. The summed E-state index contributed by atoms with van der Waals surface area (Å²) >= 11 is 0. The molecule has 58 valence electrons. The van der Waals surface area contributed by atoms with Crippen LogP contribution < -0.4 is 5.73 Å². The maximum absolute atomic E-state index is 10.7. The molecule has 0 amide bonds. The molecule has 2 unspecified atom stereocenters. The van der Waals surface area contributed by atoms with E-state index < -0.39 is 0 Å². The molecular weight excluding hydrogens is 126 g/mol. The normalized spacial score (nSPS) is 32.6. The number of ketones is 1. The van der Waals surface area contributed by atoms with Crippen LogP contribution in [0.1, 0.15) is 32.6 Å². The zero-order valence-corrected chi connectivity index (χ0v) is 6.47. The average molecular weight is 141 g/mol. The summed E-state index contributed by atoms with van der Waals surface area (Å²) in [5, 5.41) is 0. The fourth-order valence-electron chi connectivity index (χ4n) is 1.71. The van der Waals surface area contributed by atoms with Crippen molar-refractivity contribution in [1.82, 2.24) is 0 Å². The third-order valence-electron chi connectivity index (χ3n) is 2.16. The maximum Gasteiger partial charge on any atom is 0.130 e. The zero-order valence-electron chi connectivity index (χ0n) is 6.47. The first-order valence-electron chi connectivity index (χ1n) is 3.93. The molecule has 10 heavy (non-hydrogen) atoms. The summed E-state index contributed by atoms with van der Waals surface area (Å²) in [7, 11) is 0. The van der Waals surface area contributed by atoms with Crippen molar-refractivity contribution >= 4 is 5.78 Å². The summed E-state index contributed by atoms with van der Waals surface area (Å²) in [6.07, 6.45) is 4.06. The minimum absolute atomic E-state index is 0.305. The van der Waals surface area contributed by atoms with E-state index in [1.807, 2.05) is 0 Å². The molecule has 2 heteroatoms. The van der Waals surface area contributed by atoms with Gasteiger partial charge in [-0.15, -0.1) is 0 Å². The molecule has 0 bridgehead atoms. The number of carbonyl (C=O) groups is 1. The van der Waals surface area contributed by atoms with Crippen LogP contribution in [-0.2, 0) is 4.79 Å². The second-order valence-corrected chi connectivity index (χ2v) is 3.35. The van der Waals surface area contributed by atoms with Crippen LogP contribution in [0, 0.1) is 5.92 Å². The van der Waals surface area contributed by atoms with E-state index in [0.717, 1.165) is 25.7 Å². The van der Waals surface area contributed by atoms with Crippen molar-refractivity contribution in [1.29, 1.82) is 0 Å². The molecule has 0 radical (unpaired) electrons. The largest absolute Gasteiger partial charge is 0.328 e. The molecule has 0 aromatic rings. The molecular formula is C8H15NO. The Labute approximate surface area is 61.8 Å². The second-order valence-electron chi connectivity index (χ2n) is 3.35. The van der Waals surface area contributed by atoms with E-state index in [9.17, 15) is 4.79 Å². The molecule has 0 spiro atoms. The molecule has 1 saturated carbocycles. The molecule has 0 saturated heterocycles. The van der Waals surface area contributed by atoms with Crippen LogP contribution in [0.4, 0.5) is 0 Å². The summed E-state index contributed by atoms with van der Waals surface area (Å²) in [5.41, 5.74) is 5.69. The van der Waals surface area contributed by atoms with Crippen LogP contribution in [-0.4, -0.2) is 11.8 Å². The van der Waals surface area contributed by atoms with Crippen LogP contribution in [0.5, 0.6) is 0 Å². The summed E-state index contributed by atoms with van der Waals surface area (Å²) in [6, 6.07) is 0.365. The van der Waals surface area contributed by atoms with Crippen LogP contribution >= 0.6 is 0 Å². The number of nitrogens with two attached hydrogens (primary N) is 1. The van der Waals surface area contributed by atoms with E-state index in [1.165, 1.54) is 0 Å². The van der Waals surface area contributed by atoms with Crippen LogP contribution in [0.3, 0.4) is 0 Å². The lowest BCUT2D eigenvalue weighted by Gasteiger charge is -2.04.